The maximum absolute atomic E-state index is 8.96. The zero-order valence-corrected chi connectivity index (χ0v) is 10.00. The molecule has 0 unspecified atom stereocenters. The van der Waals surface area contributed by atoms with Crippen LogP contribution in [0.5, 0.6) is 0 Å². The first kappa shape index (κ1) is 11.6. The lowest BCUT2D eigenvalue weighted by Crippen LogP contribution is -2.24. The lowest BCUT2D eigenvalue weighted by molar-refractivity contribution is 0.245. The highest BCUT2D eigenvalue weighted by Gasteiger charge is 2.41. The van der Waals surface area contributed by atoms with E-state index < -0.39 is 0 Å². The summed E-state index contributed by atoms with van der Waals surface area (Å²) in [5.74, 6) is 0. The molecule has 2 heteroatoms. The second-order valence-corrected chi connectivity index (χ2v) is 5.06. The van der Waals surface area contributed by atoms with Crippen LogP contribution in [0.2, 0.25) is 0 Å². The lowest BCUT2D eigenvalue weighted by atomic mass is 10.0. The monoisotopic (exact) mass is 219 g/mol. The summed E-state index contributed by atoms with van der Waals surface area (Å²) in [7, 11) is 0. The molecule has 2 N–H and O–H groups in total. The number of nitrogens with one attached hydrogen (secondary N) is 1. The van der Waals surface area contributed by atoms with Gasteiger partial charge >= 0.3 is 0 Å². The first-order valence-electron chi connectivity index (χ1n) is 6.11. The van der Waals surface area contributed by atoms with E-state index in [-0.39, 0.29) is 0 Å². The van der Waals surface area contributed by atoms with Crippen molar-refractivity contribution >= 4 is 0 Å². The Balaban J connectivity index is 1.74. The minimum absolute atomic E-state index is 0.326. The zero-order valence-electron chi connectivity index (χ0n) is 10.00. The molecular formula is C14H21NO. The lowest BCUT2D eigenvalue weighted by Gasteiger charge is -2.14. The van der Waals surface area contributed by atoms with Gasteiger partial charge < -0.3 is 10.4 Å². The Hall–Kier alpha value is -0.860. The third-order valence-electron chi connectivity index (χ3n) is 3.55. The Bertz CT molecular complexity index is 327. The summed E-state index contributed by atoms with van der Waals surface area (Å²) in [5, 5.41) is 12.5. The molecule has 0 bridgehead atoms. The van der Waals surface area contributed by atoms with Gasteiger partial charge in [0.25, 0.3) is 0 Å². The van der Waals surface area contributed by atoms with Crippen molar-refractivity contribution in [1.29, 1.82) is 0 Å². The van der Waals surface area contributed by atoms with Crippen molar-refractivity contribution in [3.05, 3.63) is 35.4 Å². The smallest absolute Gasteiger partial charge is 0.0436 e. The van der Waals surface area contributed by atoms with Crippen LogP contribution in [0.25, 0.3) is 0 Å². The maximum atomic E-state index is 8.96. The van der Waals surface area contributed by atoms with E-state index in [1.54, 1.807) is 0 Å². The third-order valence-corrected chi connectivity index (χ3v) is 3.55. The number of aliphatic hydroxyl groups is 1. The van der Waals surface area contributed by atoms with Crippen molar-refractivity contribution in [3.8, 4) is 0 Å². The molecule has 1 aromatic carbocycles. The number of hydrogen-bond donors (Lipinski definition) is 2. The normalized spacial score (nSPS) is 17.4. The molecule has 0 saturated heterocycles. The van der Waals surface area contributed by atoms with E-state index in [9.17, 15) is 0 Å². The summed E-state index contributed by atoms with van der Waals surface area (Å²) in [6, 6.07) is 8.65. The molecule has 1 aliphatic rings. The molecule has 1 aromatic rings. The van der Waals surface area contributed by atoms with Gasteiger partial charge in [0.2, 0.25) is 0 Å². The third kappa shape index (κ3) is 3.06. The Morgan fingerprint density at radius 1 is 1.25 bits per heavy atom. The minimum Gasteiger partial charge on any atom is -0.396 e. The maximum Gasteiger partial charge on any atom is 0.0436 e. The van der Waals surface area contributed by atoms with E-state index in [2.05, 4.69) is 36.5 Å². The van der Waals surface area contributed by atoms with Crippen LogP contribution >= 0.6 is 0 Å². The molecule has 0 aromatic heterocycles. The van der Waals surface area contributed by atoms with Gasteiger partial charge in [-0.15, -0.1) is 0 Å². The summed E-state index contributed by atoms with van der Waals surface area (Å²) in [6.07, 6.45) is 3.50. The molecule has 2 rings (SSSR count). The molecule has 0 aliphatic heterocycles. The topological polar surface area (TPSA) is 32.3 Å². The number of aliphatic hydroxyl groups excluding tert-OH is 1. The quantitative estimate of drug-likeness (QED) is 0.769. The predicted molar refractivity (Wildman–Crippen MR) is 66.3 cm³/mol. The summed E-state index contributed by atoms with van der Waals surface area (Å²) in [6.45, 7) is 4.42. The first-order valence-corrected chi connectivity index (χ1v) is 6.11. The van der Waals surface area contributed by atoms with Gasteiger partial charge in [-0.2, -0.15) is 0 Å². The van der Waals surface area contributed by atoms with Gasteiger partial charge in [0.05, 0.1) is 0 Å². The van der Waals surface area contributed by atoms with Crippen LogP contribution in [0.3, 0.4) is 0 Å². The molecule has 0 amide bonds. The molecule has 0 spiro atoms. The number of benzene rings is 1. The SMILES string of the molecule is Cc1ccc(CNCC2(CCO)CC2)cc1. The van der Waals surface area contributed by atoms with Gasteiger partial charge in [-0.3, -0.25) is 0 Å². The van der Waals surface area contributed by atoms with Crippen molar-refractivity contribution in [1.82, 2.24) is 5.32 Å². The second-order valence-electron chi connectivity index (χ2n) is 5.06. The van der Waals surface area contributed by atoms with E-state index in [1.807, 2.05) is 0 Å². The zero-order chi connectivity index (χ0) is 11.4. The van der Waals surface area contributed by atoms with Gasteiger partial charge in [0.15, 0.2) is 0 Å². The molecule has 88 valence electrons. The fraction of sp³-hybridized carbons (Fsp3) is 0.571. The molecule has 0 atom stereocenters. The van der Waals surface area contributed by atoms with Gasteiger partial charge in [-0.25, -0.2) is 0 Å². The summed E-state index contributed by atoms with van der Waals surface area (Å²) >= 11 is 0. The van der Waals surface area contributed by atoms with E-state index in [1.165, 1.54) is 24.0 Å². The average Bonchev–Trinajstić information content (AvgIpc) is 3.02. The largest absolute Gasteiger partial charge is 0.396 e. The summed E-state index contributed by atoms with van der Waals surface area (Å²) in [5.41, 5.74) is 3.06. The van der Waals surface area contributed by atoms with E-state index >= 15 is 0 Å². The second kappa shape index (κ2) is 4.98. The Kier molecular flexibility index (Phi) is 3.62. The van der Waals surface area contributed by atoms with Crippen LogP contribution in [0.4, 0.5) is 0 Å². The standard InChI is InChI=1S/C14H21NO/c1-12-2-4-13(5-3-12)10-15-11-14(6-7-14)8-9-16/h2-5,15-16H,6-11H2,1H3. The molecule has 1 saturated carbocycles. The van der Waals surface area contributed by atoms with Crippen molar-refractivity contribution in [2.45, 2.75) is 32.7 Å². The van der Waals surface area contributed by atoms with Crippen molar-refractivity contribution < 1.29 is 5.11 Å². The molecule has 16 heavy (non-hydrogen) atoms. The fourth-order valence-electron chi connectivity index (χ4n) is 2.11. The van der Waals surface area contributed by atoms with E-state index in [0.29, 0.717) is 12.0 Å². The highest BCUT2D eigenvalue weighted by Crippen LogP contribution is 2.47. The highest BCUT2D eigenvalue weighted by molar-refractivity contribution is 5.21. The minimum atomic E-state index is 0.326. The van der Waals surface area contributed by atoms with Gasteiger partial charge in [-0.05, 0) is 37.2 Å². The molecule has 1 fully saturated rings. The molecule has 1 aliphatic carbocycles. The van der Waals surface area contributed by atoms with Crippen LogP contribution < -0.4 is 5.32 Å². The van der Waals surface area contributed by atoms with Crippen LogP contribution in [-0.2, 0) is 6.54 Å². The van der Waals surface area contributed by atoms with Crippen molar-refractivity contribution in [3.63, 3.8) is 0 Å². The van der Waals surface area contributed by atoms with E-state index in [4.69, 9.17) is 5.11 Å². The Labute approximate surface area is 97.7 Å². The predicted octanol–water partition coefficient (Wildman–Crippen LogP) is 2.25. The average molecular weight is 219 g/mol. The molecule has 2 nitrogen and oxygen atoms in total. The molecule has 0 heterocycles. The summed E-state index contributed by atoms with van der Waals surface area (Å²) < 4.78 is 0. The fourth-order valence-corrected chi connectivity index (χ4v) is 2.11. The van der Waals surface area contributed by atoms with Crippen LogP contribution in [0.1, 0.15) is 30.4 Å². The number of aryl methyl sites for hydroxylation is 1. The summed E-state index contributed by atoms with van der Waals surface area (Å²) in [4.78, 5) is 0. The van der Waals surface area contributed by atoms with Crippen molar-refractivity contribution in [2.75, 3.05) is 13.2 Å². The van der Waals surface area contributed by atoms with Crippen LogP contribution in [-0.4, -0.2) is 18.3 Å². The van der Waals surface area contributed by atoms with Crippen LogP contribution in [0.15, 0.2) is 24.3 Å². The van der Waals surface area contributed by atoms with Gasteiger partial charge in [-0.1, -0.05) is 29.8 Å². The van der Waals surface area contributed by atoms with Crippen LogP contribution in [0, 0.1) is 12.3 Å². The highest BCUT2D eigenvalue weighted by atomic mass is 16.3. The van der Waals surface area contributed by atoms with Gasteiger partial charge in [0.1, 0.15) is 0 Å². The Morgan fingerprint density at radius 3 is 2.50 bits per heavy atom. The first-order chi connectivity index (χ1) is 7.74. The Morgan fingerprint density at radius 2 is 1.94 bits per heavy atom. The van der Waals surface area contributed by atoms with E-state index in [0.717, 1.165) is 19.5 Å². The van der Waals surface area contributed by atoms with Crippen molar-refractivity contribution in [2.24, 2.45) is 5.41 Å². The molecule has 0 radical (unpaired) electrons. The number of hydrogen-bond acceptors (Lipinski definition) is 2. The number of rotatable bonds is 6. The van der Waals surface area contributed by atoms with Gasteiger partial charge in [0, 0.05) is 19.7 Å². The molecular weight excluding hydrogens is 198 g/mol.